The number of nitrogens with zero attached hydrogens (tertiary/aromatic N) is 2. The number of benzene rings is 1. The largest absolute Gasteiger partial charge is 0.468 e. The van der Waals surface area contributed by atoms with Crippen molar-refractivity contribution < 1.29 is 19.2 Å². The summed E-state index contributed by atoms with van der Waals surface area (Å²) in [6, 6.07) is 8.22. The van der Waals surface area contributed by atoms with Gasteiger partial charge in [0.15, 0.2) is 11.6 Å². The highest BCUT2D eigenvalue weighted by molar-refractivity contribution is 8.00. The zero-order chi connectivity index (χ0) is 18.7. The molecule has 1 fully saturated rings. The first-order valence-electron chi connectivity index (χ1n) is 8.64. The highest BCUT2D eigenvalue weighted by Crippen LogP contribution is 2.25. The molecule has 0 spiro atoms. The molecular formula is C18H24N3O3S2+. The van der Waals surface area contributed by atoms with Gasteiger partial charge in [-0.25, -0.2) is 4.98 Å². The summed E-state index contributed by atoms with van der Waals surface area (Å²) in [4.78, 5) is 32.0. The number of hydrogen-bond donors (Lipinski definition) is 1. The number of thioether (sulfide) groups is 1. The van der Waals surface area contributed by atoms with Gasteiger partial charge in [-0.3, -0.25) is 9.59 Å². The molecule has 1 saturated heterocycles. The summed E-state index contributed by atoms with van der Waals surface area (Å²) in [7, 11) is 3.41. The van der Waals surface area contributed by atoms with E-state index < -0.39 is 0 Å². The van der Waals surface area contributed by atoms with Gasteiger partial charge in [-0.2, -0.15) is 0 Å². The van der Waals surface area contributed by atoms with Crippen molar-refractivity contribution in [1.29, 1.82) is 0 Å². The maximum atomic E-state index is 12.7. The molecule has 1 aromatic carbocycles. The summed E-state index contributed by atoms with van der Waals surface area (Å²) in [6.07, 6.45) is 0. The third-order valence-electron chi connectivity index (χ3n) is 4.73. The van der Waals surface area contributed by atoms with Crippen LogP contribution < -0.4 is 4.90 Å². The molecule has 0 radical (unpaired) electrons. The molecule has 1 N–H and O–H groups in total. The van der Waals surface area contributed by atoms with E-state index in [2.05, 4.69) is 13.0 Å². The van der Waals surface area contributed by atoms with Crippen molar-refractivity contribution in [3.63, 3.8) is 0 Å². The maximum absolute atomic E-state index is 12.7. The molecule has 1 amide bonds. The Balaban J connectivity index is 1.62. The van der Waals surface area contributed by atoms with Gasteiger partial charge in [0.2, 0.25) is 0 Å². The van der Waals surface area contributed by atoms with Gasteiger partial charge in [-0.05, 0) is 19.1 Å². The lowest BCUT2D eigenvalue weighted by molar-refractivity contribution is -0.902. The van der Waals surface area contributed by atoms with Crippen molar-refractivity contribution in [2.45, 2.75) is 18.2 Å². The van der Waals surface area contributed by atoms with E-state index in [4.69, 9.17) is 9.72 Å². The number of likely N-dealkylation sites (N-methyl/N-ethyl adjacent to an activating group) is 1. The average molecular weight is 395 g/mol. The molecule has 0 bridgehead atoms. The molecule has 6 nitrogen and oxygen atoms in total. The van der Waals surface area contributed by atoms with Crippen LogP contribution in [0.3, 0.4) is 0 Å². The number of fused-ring (bicyclic) bond motifs is 1. The maximum Gasteiger partial charge on any atom is 0.320 e. The van der Waals surface area contributed by atoms with Crippen LogP contribution in [0.2, 0.25) is 0 Å². The SMILES string of the molecule is COC(=O)[C@@H]1CN(C(=O)C[NH+](C)[C@@H](C)c2nc3ccccc3s2)CCS1. The molecule has 1 unspecified atom stereocenters. The van der Waals surface area contributed by atoms with E-state index in [9.17, 15) is 9.59 Å². The quantitative estimate of drug-likeness (QED) is 0.767. The Bertz CT molecular complexity index is 762. The molecule has 8 heteroatoms. The number of carbonyl (C=O) groups is 2. The molecule has 1 aromatic heterocycles. The Morgan fingerprint density at radius 1 is 1.42 bits per heavy atom. The number of nitrogens with one attached hydrogen (secondary N) is 1. The minimum atomic E-state index is -0.278. The lowest BCUT2D eigenvalue weighted by Gasteiger charge is -2.32. The highest BCUT2D eigenvalue weighted by atomic mass is 32.2. The number of aromatic nitrogens is 1. The van der Waals surface area contributed by atoms with Crippen molar-refractivity contribution in [2.75, 3.05) is 39.5 Å². The number of carbonyl (C=O) groups excluding carboxylic acids is 2. The number of hydrogen-bond acceptors (Lipinski definition) is 6. The second-order valence-corrected chi connectivity index (χ2v) is 8.86. The Hall–Kier alpha value is -1.64. The zero-order valence-electron chi connectivity index (χ0n) is 15.2. The fraction of sp³-hybridized carbons (Fsp3) is 0.500. The third-order valence-corrected chi connectivity index (χ3v) is 7.11. The lowest BCUT2D eigenvalue weighted by Crippen LogP contribution is -3.10. The van der Waals surface area contributed by atoms with Gasteiger partial charge in [0.05, 0.1) is 24.4 Å². The van der Waals surface area contributed by atoms with Crippen LogP contribution in [0, 0.1) is 0 Å². The van der Waals surface area contributed by atoms with Crippen LogP contribution in [-0.4, -0.2) is 66.6 Å². The number of thiazole rings is 1. The molecule has 26 heavy (non-hydrogen) atoms. The first-order valence-corrected chi connectivity index (χ1v) is 10.5. The summed E-state index contributed by atoms with van der Waals surface area (Å²) >= 11 is 3.24. The van der Waals surface area contributed by atoms with E-state index >= 15 is 0 Å². The van der Waals surface area contributed by atoms with Crippen LogP contribution in [-0.2, 0) is 14.3 Å². The Morgan fingerprint density at radius 2 is 2.19 bits per heavy atom. The summed E-state index contributed by atoms with van der Waals surface area (Å²) in [6.45, 7) is 3.60. The van der Waals surface area contributed by atoms with Crippen LogP contribution in [0.1, 0.15) is 18.0 Å². The summed E-state index contributed by atoms with van der Waals surface area (Å²) < 4.78 is 5.98. The van der Waals surface area contributed by atoms with Crippen LogP contribution in [0.4, 0.5) is 0 Å². The zero-order valence-corrected chi connectivity index (χ0v) is 16.9. The monoisotopic (exact) mass is 394 g/mol. The smallest absolute Gasteiger partial charge is 0.320 e. The van der Waals surface area contributed by atoms with Gasteiger partial charge in [0, 0.05) is 18.8 Å². The van der Waals surface area contributed by atoms with Crippen molar-refractivity contribution in [3.05, 3.63) is 29.3 Å². The summed E-state index contributed by atoms with van der Waals surface area (Å²) in [5, 5.41) is 0.762. The molecule has 2 aromatic rings. The summed E-state index contributed by atoms with van der Waals surface area (Å²) in [5.41, 5.74) is 1.01. The van der Waals surface area contributed by atoms with Crippen LogP contribution >= 0.6 is 23.1 Å². The van der Waals surface area contributed by atoms with Gasteiger partial charge >= 0.3 is 5.97 Å². The number of para-hydroxylation sites is 1. The first kappa shape index (κ1) is 19.1. The molecule has 0 saturated carbocycles. The Labute approximate surface area is 161 Å². The predicted molar refractivity (Wildman–Crippen MR) is 105 cm³/mol. The van der Waals surface area contributed by atoms with Crippen molar-refractivity contribution in [2.24, 2.45) is 0 Å². The normalized spacial score (nSPS) is 20.0. The van der Waals surface area contributed by atoms with Crippen LogP contribution in [0.25, 0.3) is 10.2 Å². The van der Waals surface area contributed by atoms with Gasteiger partial charge in [0.1, 0.15) is 11.3 Å². The minimum Gasteiger partial charge on any atom is -0.468 e. The van der Waals surface area contributed by atoms with E-state index in [1.54, 1.807) is 28.0 Å². The fourth-order valence-corrected chi connectivity index (χ4v) is 5.18. The van der Waals surface area contributed by atoms with Gasteiger partial charge in [0.25, 0.3) is 5.91 Å². The van der Waals surface area contributed by atoms with E-state index in [1.807, 2.05) is 25.2 Å². The average Bonchev–Trinajstić information content (AvgIpc) is 3.10. The topological polar surface area (TPSA) is 63.9 Å². The number of esters is 1. The van der Waals surface area contributed by atoms with Gasteiger partial charge in [-0.1, -0.05) is 12.1 Å². The molecule has 3 rings (SSSR count). The van der Waals surface area contributed by atoms with Crippen LogP contribution in [0.5, 0.6) is 0 Å². The number of quaternary nitrogens is 1. The van der Waals surface area contributed by atoms with E-state index in [0.29, 0.717) is 19.6 Å². The van der Waals surface area contributed by atoms with E-state index in [1.165, 1.54) is 11.8 Å². The summed E-state index contributed by atoms with van der Waals surface area (Å²) in [5.74, 6) is 0.582. The second kappa shape index (κ2) is 8.37. The Morgan fingerprint density at radius 3 is 2.92 bits per heavy atom. The molecule has 2 heterocycles. The Kier molecular flexibility index (Phi) is 6.16. The number of methoxy groups -OCH3 is 1. The molecular weight excluding hydrogens is 370 g/mol. The lowest BCUT2D eigenvalue weighted by atomic mass is 10.3. The van der Waals surface area contributed by atoms with Gasteiger partial charge < -0.3 is 14.5 Å². The van der Waals surface area contributed by atoms with Crippen molar-refractivity contribution in [1.82, 2.24) is 9.88 Å². The van der Waals surface area contributed by atoms with Gasteiger partial charge in [-0.15, -0.1) is 23.1 Å². The van der Waals surface area contributed by atoms with Crippen LogP contribution in [0.15, 0.2) is 24.3 Å². The molecule has 140 valence electrons. The molecule has 1 aliphatic heterocycles. The second-order valence-electron chi connectivity index (χ2n) is 6.49. The van der Waals surface area contributed by atoms with E-state index in [0.717, 1.165) is 21.2 Å². The molecule has 1 aliphatic rings. The molecule has 3 atom stereocenters. The minimum absolute atomic E-state index is 0.0738. The number of amides is 1. The first-order chi connectivity index (χ1) is 12.5. The third kappa shape index (κ3) is 4.19. The predicted octanol–water partition coefficient (Wildman–Crippen LogP) is 0.989. The number of rotatable bonds is 5. The number of ether oxygens (including phenoxy) is 1. The molecule has 0 aliphatic carbocycles. The fourth-order valence-electron chi connectivity index (χ4n) is 2.94. The van der Waals surface area contributed by atoms with Crippen molar-refractivity contribution in [3.8, 4) is 0 Å². The van der Waals surface area contributed by atoms with E-state index in [-0.39, 0.29) is 23.2 Å². The highest BCUT2D eigenvalue weighted by Gasteiger charge is 2.31. The van der Waals surface area contributed by atoms with Crippen molar-refractivity contribution >= 4 is 45.2 Å². The standard InChI is InChI=1S/C18H23N3O3S2/c1-12(17-19-13-6-4-5-7-14(13)26-17)20(2)11-16(22)21-8-9-25-15(10-21)18(23)24-3/h4-7,12,15H,8-11H2,1-3H3/p+1/t12-,15-/m0/s1.